The van der Waals surface area contributed by atoms with E-state index in [4.69, 9.17) is 9.47 Å². The van der Waals surface area contributed by atoms with E-state index in [9.17, 15) is 13.2 Å². The molecule has 1 N–H and O–H groups in total. The first-order chi connectivity index (χ1) is 13.6. The monoisotopic (exact) mass is 404 g/mol. The third-order valence-electron chi connectivity index (χ3n) is 4.34. The highest BCUT2D eigenvalue weighted by Gasteiger charge is 2.29. The summed E-state index contributed by atoms with van der Waals surface area (Å²) in [7, 11) is -3.74. The molecule has 150 valence electrons. The Morgan fingerprint density at radius 3 is 2.46 bits per heavy atom. The van der Waals surface area contributed by atoms with Gasteiger partial charge in [-0.2, -0.15) is 4.31 Å². The number of hydrogen-bond donors (Lipinski definition) is 1. The van der Waals surface area contributed by atoms with E-state index in [0.717, 1.165) is 5.75 Å². The lowest BCUT2D eigenvalue weighted by molar-refractivity contribution is 0.0730. The van der Waals surface area contributed by atoms with E-state index in [1.165, 1.54) is 16.4 Å². The summed E-state index contributed by atoms with van der Waals surface area (Å²) >= 11 is 0. The number of ether oxygens (including phenoxy) is 2. The molecular weight excluding hydrogens is 380 g/mol. The molecule has 2 aromatic rings. The summed E-state index contributed by atoms with van der Waals surface area (Å²) in [6.07, 6.45) is 0.610. The van der Waals surface area contributed by atoms with Gasteiger partial charge in [0.2, 0.25) is 10.0 Å². The molecule has 2 aromatic carbocycles. The summed E-state index contributed by atoms with van der Waals surface area (Å²) in [5.74, 6) is 0.364. The number of sulfonamides is 1. The molecule has 0 bridgehead atoms. The second-order valence-electron chi connectivity index (χ2n) is 6.28. The molecule has 0 aliphatic carbocycles. The highest BCUT2D eigenvalue weighted by atomic mass is 32.2. The minimum atomic E-state index is -3.74. The van der Waals surface area contributed by atoms with E-state index in [1.54, 1.807) is 12.1 Å². The summed E-state index contributed by atoms with van der Waals surface area (Å²) in [6.45, 7) is 2.13. The van der Waals surface area contributed by atoms with Crippen molar-refractivity contribution < 1.29 is 22.7 Å². The van der Waals surface area contributed by atoms with Crippen molar-refractivity contribution in [1.29, 1.82) is 0 Å². The van der Waals surface area contributed by atoms with E-state index in [2.05, 4.69) is 5.32 Å². The Hall–Kier alpha value is -2.42. The fraction of sp³-hybridized carbons (Fsp3) is 0.350. The van der Waals surface area contributed by atoms with E-state index in [1.807, 2.05) is 30.3 Å². The maximum atomic E-state index is 12.9. The first-order valence-corrected chi connectivity index (χ1v) is 10.7. The average Bonchev–Trinajstić information content (AvgIpc) is 2.75. The van der Waals surface area contributed by atoms with Crippen molar-refractivity contribution in [1.82, 2.24) is 9.62 Å². The molecule has 0 aromatic heterocycles. The zero-order valence-electron chi connectivity index (χ0n) is 15.5. The molecule has 1 saturated heterocycles. The molecule has 1 heterocycles. The summed E-state index contributed by atoms with van der Waals surface area (Å²) < 4.78 is 38.0. The number of carbonyl (C=O) groups is 1. The Morgan fingerprint density at radius 2 is 1.71 bits per heavy atom. The Balaban J connectivity index is 1.58. The first-order valence-electron chi connectivity index (χ1n) is 9.22. The van der Waals surface area contributed by atoms with Gasteiger partial charge in [-0.05, 0) is 30.7 Å². The molecule has 28 heavy (non-hydrogen) atoms. The van der Waals surface area contributed by atoms with Crippen LogP contribution in [0, 0.1) is 0 Å². The molecule has 1 fully saturated rings. The molecule has 3 rings (SSSR count). The third kappa shape index (κ3) is 5.09. The van der Waals surface area contributed by atoms with Crippen molar-refractivity contribution in [3.8, 4) is 5.75 Å². The molecule has 1 amide bonds. The minimum absolute atomic E-state index is 0.0231. The van der Waals surface area contributed by atoms with E-state index >= 15 is 0 Å². The zero-order chi connectivity index (χ0) is 19.8. The molecule has 0 radical (unpaired) electrons. The number of para-hydroxylation sites is 1. The van der Waals surface area contributed by atoms with Gasteiger partial charge in [0.15, 0.2) is 0 Å². The van der Waals surface area contributed by atoms with Gasteiger partial charge in [-0.1, -0.05) is 30.3 Å². The van der Waals surface area contributed by atoms with Crippen molar-refractivity contribution in [2.45, 2.75) is 11.3 Å². The van der Waals surface area contributed by atoms with Gasteiger partial charge in [0.1, 0.15) is 5.75 Å². The number of nitrogens with one attached hydrogen (secondary N) is 1. The maximum Gasteiger partial charge on any atom is 0.252 e. The van der Waals surface area contributed by atoms with Crippen molar-refractivity contribution in [3.05, 3.63) is 60.2 Å². The molecule has 0 spiro atoms. The average molecular weight is 404 g/mol. The van der Waals surface area contributed by atoms with Crippen LogP contribution in [0.3, 0.4) is 0 Å². The Kier molecular flexibility index (Phi) is 7.02. The number of morpholine rings is 1. The third-order valence-corrected chi connectivity index (χ3v) is 6.29. The maximum absolute atomic E-state index is 12.9. The van der Waals surface area contributed by atoms with Gasteiger partial charge in [0.25, 0.3) is 5.91 Å². The Morgan fingerprint density at radius 1 is 1.04 bits per heavy atom. The Bertz CT molecular complexity index is 880. The molecule has 8 heteroatoms. The number of nitrogens with zero attached hydrogens (tertiary/aromatic N) is 1. The van der Waals surface area contributed by atoms with Crippen LogP contribution in [-0.4, -0.2) is 58.1 Å². The summed E-state index contributed by atoms with van der Waals surface area (Å²) in [6, 6.07) is 15.7. The van der Waals surface area contributed by atoms with Gasteiger partial charge in [-0.15, -0.1) is 0 Å². The SMILES string of the molecule is O=C(NCCCOc1ccccc1)c1ccccc1S(=O)(=O)N1CCOCC1. The smallest absolute Gasteiger partial charge is 0.252 e. The first kappa shape index (κ1) is 20.3. The molecule has 1 aliphatic heterocycles. The van der Waals surface area contributed by atoms with Crippen LogP contribution >= 0.6 is 0 Å². The second kappa shape index (κ2) is 9.68. The highest BCUT2D eigenvalue weighted by Crippen LogP contribution is 2.21. The molecule has 0 saturated carbocycles. The van der Waals surface area contributed by atoms with Gasteiger partial charge in [-0.3, -0.25) is 4.79 Å². The quantitative estimate of drug-likeness (QED) is 0.680. The van der Waals surface area contributed by atoms with Crippen molar-refractivity contribution in [2.75, 3.05) is 39.5 Å². The fourth-order valence-electron chi connectivity index (χ4n) is 2.88. The van der Waals surface area contributed by atoms with Crippen LogP contribution in [0.5, 0.6) is 5.75 Å². The van der Waals surface area contributed by atoms with Gasteiger partial charge < -0.3 is 14.8 Å². The molecule has 0 unspecified atom stereocenters. The van der Waals surface area contributed by atoms with Crippen molar-refractivity contribution in [2.24, 2.45) is 0 Å². The highest BCUT2D eigenvalue weighted by molar-refractivity contribution is 7.89. The normalized spacial score (nSPS) is 15.1. The van der Waals surface area contributed by atoms with Gasteiger partial charge in [0, 0.05) is 19.6 Å². The van der Waals surface area contributed by atoms with Crippen LogP contribution in [0.25, 0.3) is 0 Å². The van der Waals surface area contributed by atoms with Crippen LogP contribution in [-0.2, 0) is 14.8 Å². The predicted octanol–water partition coefficient (Wildman–Crippen LogP) is 1.91. The molecule has 1 aliphatic rings. The number of benzene rings is 2. The summed E-state index contributed by atoms with van der Waals surface area (Å²) in [5, 5.41) is 2.77. The minimum Gasteiger partial charge on any atom is -0.494 e. The van der Waals surface area contributed by atoms with Crippen LogP contribution in [0.2, 0.25) is 0 Å². The standard InChI is InChI=1S/C20H24N2O5S/c23-20(21-11-6-14-27-17-7-2-1-3-8-17)18-9-4-5-10-19(18)28(24,25)22-12-15-26-16-13-22/h1-5,7-10H,6,11-16H2,(H,21,23). The van der Waals surface area contributed by atoms with E-state index in [0.29, 0.717) is 32.8 Å². The summed E-state index contributed by atoms with van der Waals surface area (Å²) in [4.78, 5) is 12.6. The number of amides is 1. The van der Waals surface area contributed by atoms with Gasteiger partial charge in [0.05, 0.1) is 30.3 Å². The lowest BCUT2D eigenvalue weighted by atomic mass is 10.2. The fourth-order valence-corrected chi connectivity index (χ4v) is 4.48. The van der Waals surface area contributed by atoms with Crippen molar-refractivity contribution in [3.63, 3.8) is 0 Å². The number of carbonyl (C=O) groups excluding carboxylic acids is 1. The van der Waals surface area contributed by atoms with E-state index < -0.39 is 15.9 Å². The largest absolute Gasteiger partial charge is 0.494 e. The number of hydrogen-bond acceptors (Lipinski definition) is 5. The molecule has 0 atom stereocenters. The molecule has 7 nitrogen and oxygen atoms in total. The predicted molar refractivity (Wildman–Crippen MR) is 105 cm³/mol. The Labute approximate surface area is 165 Å². The zero-order valence-corrected chi connectivity index (χ0v) is 16.4. The van der Waals surface area contributed by atoms with Crippen molar-refractivity contribution >= 4 is 15.9 Å². The van der Waals surface area contributed by atoms with Crippen LogP contribution in [0.15, 0.2) is 59.5 Å². The van der Waals surface area contributed by atoms with E-state index in [-0.39, 0.29) is 23.5 Å². The van der Waals surface area contributed by atoms with Crippen LogP contribution < -0.4 is 10.1 Å². The summed E-state index contributed by atoms with van der Waals surface area (Å²) in [5.41, 5.74) is 0.151. The van der Waals surface area contributed by atoms with Gasteiger partial charge in [-0.25, -0.2) is 8.42 Å². The second-order valence-corrected chi connectivity index (χ2v) is 8.19. The lowest BCUT2D eigenvalue weighted by Gasteiger charge is -2.26. The van der Waals surface area contributed by atoms with Crippen LogP contribution in [0.1, 0.15) is 16.8 Å². The molecular formula is C20H24N2O5S. The van der Waals surface area contributed by atoms with Gasteiger partial charge >= 0.3 is 0 Å². The lowest BCUT2D eigenvalue weighted by Crippen LogP contribution is -2.41. The number of rotatable bonds is 8. The van der Waals surface area contributed by atoms with Crippen LogP contribution in [0.4, 0.5) is 0 Å². The topological polar surface area (TPSA) is 84.9 Å².